The summed E-state index contributed by atoms with van der Waals surface area (Å²) in [7, 11) is 1.60. The molecule has 0 saturated carbocycles. The second-order valence-corrected chi connectivity index (χ2v) is 5.91. The molecule has 1 aliphatic rings. The van der Waals surface area contributed by atoms with E-state index in [1.165, 1.54) is 0 Å². The fraction of sp³-hybridized carbons (Fsp3) is 0.471. The van der Waals surface area contributed by atoms with Gasteiger partial charge < -0.3 is 19.9 Å². The van der Waals surface area contributed by atoms with Crippen LogP contribution in [0.4, 0.5) is 0 Å². The van der Waals surface area contributed by atoms with Gasteiger partial charge in [-0.25, -0.2) is 0 Å². The Balaban J connectivity index is 0.00000225. The summed E-state index contributed by atoms with van der Waals surface area (Å²) < 4.78 is 10.6. The van der Waals surface area contributed by atoms with Crippen molar-refractivity contribution >= 4 is 18.3 Å². The molecule has 0 aliphatic carbocycles. The minimum Gasteiger partial charge on any atom is -0.496 e. The Bertz CT molecular complexity index is 701. The number of rotatable bonds is 5. The number of halogens is 1. The van der Waals surface area contributed by atoms with E-state index < -0.39 is 0 Å². The number of nitrogens with zero attached hydrogens (tertiary/aromatic N) is 2. The Hall–Kier alpha value is -2.12. The normalized spacial score (nSPS) is 15.9. The second kappa shape index (κ2) is 8.82. The Kier molecular flexibility index (Phi) is 6.78. The molecule has 2 N–H and O–H groups in total. The highest BCUT2D eigenvalue weighted by atomic mass is 35.5. The summed E-state index contributed by atoms with van der Waals surface area (Å²) in [4.78, 5) is 16.7. The summed E-state index contributed by atoms with van der Waals surface area (Å²) in [5.74, 6) is 1.60. The number of para-hydroxylation sites is 1. The number of hydrogen-bond donors (Lipinski definition) is 2. The number of benzene rings is 1. The third kappa shape index (κ3) is 4.49. The SMILES string of the molecule is COc1ccccc1-c1noc(C(C)NC(=O)C2CCNCC2)n1.Cl. The highest BCUT2D eigenvalue weighted by molar-refractivity contribution is 5.85. The molecule has 1 saturated heterocycles. The summed E-state index contributed by atoms with van der Waals surface area (Å²) >= 11 is 0. The number of carbonyl (C=O) groups is 1. The van der Waals surface area contributed by atoms with Crippen LogP contribution < -0.4 is 15.4 Å². The van der Waals surface area contributed by atoms with Gasteiger partial charge in [0.05, 0.1) is 12.7 Å². The number of aromatic nitrogens is 2. The number of hydrogen-bond acceptors (Lipinski definition) is 6. The molecule has 8 heteroatoms. The lowest BCUT2D eigenvalue weighted by Crippen LogP contribution is -2.39. The molecule has 136 valence electrons. The minimum absolute atomic E-state index is 0. The lowest BCUT2D eigenvalue weighted by Gasteiger charge is -2.22. The first-order valence-electron chi connectivity index (χ1n) is 8.17. The monoisotopic (exact) mass is 366 g/mol. The standard InChI is InChI=1S/C17H22N4O3.ClH/c1-11(19-16(22)12-7-9-18-10-8-12)17-20-15(21-24-17)13-5-3-4-6-14(13)23-2;/h3-6,11-12,18H,7-10H2,1-2H3,(H,19,22);1H. The average molecular weight is 367 g/mol. The van der Waals surface area contributed by atoms with E-state index in [1.54, 1.807) is 7.11 Å². The van der Waals surface area contributed by atoms with Gasteiger partial charge in [0, 0.05) is 5.92 Å². The van der Waals surface area contributed by atoms with Crippen LogP contribution in [0.15, 0.2) is 28.8 Å². The van der Waals surface area contributed by atoms with E-state index in [0.29, 0.717) is 17.5 Å². The van der Waals surface area contributed by atoms with E-state index in [2.05, 4.69) is 20.8 Å². The average Bonchev–Trinajstić information content (AvgIpc) is 3.12. The van der Waals surface area contributed by atoms with Gasteiger partial charge in [-0.2, -0.15) is 4.98 Å². The van der Waals surface area contributed by atoms with Crippen LogP contribution in [-0.4, -0.2) is 36.2 Å². The van der Waals surface area contributed by atoms with Crippen molar-refractivity contribution in [3.05, 3.63) is 30.2 Å². The molecule has 1 aromatic heterocycles. The summed E-state index contributed by atoms with van der Waals surface area (Å²) in [6.45, 7) is 3.61. The van der Waals surface area contributed by atoms with Crippen molar-refractivity contribution in [1.29, 1.82) is 0 Å². The lowest BCUT2D eigenvalue weighted by molar-refractivity contribution is -0.126. The molecule has 1 unspecified atom stereocenters. The van der Waals surface area contributed by atoms with Crippen LogP contribution in [0.5, 0.6) is 5.75 Å². The first kappa shape index (κ1) is 19.2. The molecular formula is C17H23ClN4O3. The number of carbonyl (C=O) groups excluding carboxylic acids is 1. The van der Waals surface area contributed by atoms with Crippen LogP contribution in [0.2, 0.25) is 0 Å². The van der Waals surface area contributed by atoms with E-state index in [4.69, 9.17) is 9.26 Å². The summed E-state index contributed by atoms with van der Waals surface area (Å²) in [6, 6.07) is 7.14. The highest BCUT2D eigenvalue weighted by Gasteiger charge is 2.24. The third-order valence-electron chi connectivity index (χ3n) is 4.23. The topological polar surface area (TPSA) is 89.3 Å². The molecule has 25 heavy (non-hydrogen) atoms. The van der Waals surface area contributed by atoms with Crippen LogP contribution >= 0.6 is 12.4 Å². The molecule has 2 heterocycles. The number of ether oxygens (including phenoxy) is 1. The maximum absolute atomic E-state index is 12.3. The van der Waals surface area contributed by atoms with Gasteiger partial charge in [0.25, 0.3) is 0 Å². The van der Waals surface area contributed by atoms with Crippen LogP contribution in [0, 0.1) is 5.92 Å². The summed E-state index contributed by atoms with van der Waals surface area (Å²) in [5, 5.41) is 10.2. The van der Waals surface area contributed by atoms with Gasteiger partial charge >= 0.3 is 0 Å². The van der Waals surface area contributed by atoms with Crippen molar-refractivity contribution in [2.45, 2.75) is 25.8 Å². The van der Waals surface area contributed by atoms with Gasteiger partial charge in [-0.05, 0) is 45.0 Å². The van der Waals surface area contributed by atoms with Crippen molar-refractivity contribution < 1.29 is 14.1 Å². The van der Waals surface area contributed by atoms with Crippen LogP contribution in [0.3, 0.4) is 0 Å². The minimum atomic E-state index is -0.330. The quantitative estimate of drug-likeness (QED) is 0.844. The fourth-order valence-corrected chi connectivity index (χ4v) is 2.83. The van der Waals surface area contributed by atoms with Crippen molar-refractivity contribution in [2.24, 2.45) is 5.92 Å². The fourth-order valence-electron chi connectivity index (χ4n) is 2.83. The van der Waals surface area contributed by atoms with Crippen molar-refractivity contribution in [3.8, 4) is 17.1 Å². The smallest absolute Gasteiger partial charge is 0.249 e. The number of piperidine rings is 1. The summed E-state index contributed by atoms with van der Waals surface area (Å²) in [6.07, 6.45) is 1.71. The molecule has 1 atom stereocenters. The zero-order chi connectivity index (χ0) is 16.9. The predicted octanol–water partition coefficient (Wildman–Crippen LogP) is 2.34. The van der Waals surface area contributed by atoms with E-state index >= 15 is 0 Å². The number of amides is 1. The number of methoxy groups -OCH3 is 1. The molecule has 1 aromatic carbocycles. The molecule has 1 amide bonds. The van der Waals surface area contributed by atoms with Gasteiger partial charge in [0.2, 0.25) is 17.6 Å². The lowest BCUT2D eigenvalue weighted by atomic mass is 9.97. The molecule has 1 fully saturated rings. The maximum atomic E-state index is 12.3. The van der Waals surface area contributed by atoms with E-state index in [9.17, 15) is 4.79 Å². The Morgan fingerprint density at radius 2 is 2.08 bits per heavy atom. The van der Waals surface area contributed by atoms with Crippen molar-refractivity contribution in [1.82, 2.24) is 20.8 Å². The van der Waals surface area contributed by atoms with E-state index in [1.807, 2.05) is 31.2 Å². The Morgan fingerprint density at radius 3 is 2.80 bits per heavy atom. The van der Waals surface area contributed by atoms with Gasteiger partial charge in [0.15, 0.2) is 0 Å². The Labute approximate surface area is 152 Å². The molecule has 1 aliphatic heterocycles. The maximum Gasteiger partial charge on any atom is 0.249 e. The molecule has 0 bridgehead atoms. The Morgan fingerprint density at radius 1 is 1.36 bits per heavy atom. The first-order chi connectivity index (χ1) is 11.7. The first-order valence-corrected chi connectivity index (χ1v) is 8.17. The van der Waals surface area contributed by atoms with Crippen molar-refractivity contribution in [2.75, 3.05) is 20.2 Å². The number of nitrogens with one attached hydrogen (secondary N) is 2. The molecule has 3 rings (SSSR count). The molecule has 0 radical (unpaired) electrons. The molecule has 7 nitrogen and oxygen atoms in total. The summed E-state index contributed by atoms with van der Waals surface area (Å²) in [5.41, 5.74) is 0.756. The molecular weight excluding hydrogens is 344 g/mol. The van der Waals surface area contributed by atoms with Gasteiger partial charge in [0.1, 0.15) is 11.8 Å². The second-order valence-electron chi connectivity index (χ2n) is 5.91. The zero-order valence-corrected chi connectivity index (χ0v) is 15.1. The zero-order valence-electron chi connectivity index (χ0n) is 14.3. The van der Waals surface area contributed by atoms with E-state index in [0.717, 1.165) is 31.5 Å². The van der Waals surface area contributed by atoms with Crippen molar-refractivity contribution in [3.63, 3.8) is 0 Å². The predicted molar refractivity (Wildman–Crippen MR) is 95.7 cm³/mol. The van der Waals surface area contributed by atoms with Gasteiger partial charge in [-0.15, -0.1) is 12.4 Å². The van der Waals surface area contributed by atoms with Crippen LogP contribution in [-0.2, 0) is 4.79 Å². The third-order valence-corrected chi connectivity index (χ3v) is 4.23. The van der Waals surface area contributed by atoms with Gasteiger partial charge in [-0.1, -0.05) is 17.3 Å². The highest BCUT2D eigenvalue weighted by Crippen LogP contribution is 2.28. The van der Waals surface area contributed by atoms with Crippen LogP contribution in [0.25, 0.3) is 11.4 Å². The van der Waals surface area contributed by atoms with Gasteiger partial charge in [-0.3, -0.25) is 4.79 Å². The van der Waals surface area contributed by atoms with Crippen LogP contribution in [0.1, 0.15) is 31.7 Å². The van der Waals surface area contributed by atoms with E-state index in [-0.39, 0.29) is 30.3 Å². The molecule has 2 aromatic rings. The largest absolute Gasteiger partial charge is 0.496 e. The molecule has 0 spiro atoms.